The predicted octanol–water partition coefficient (Wildman–Crippen LogP) is 4.43. The van der Waals surface area contributed by atoms with Gasteiger partial charge in [0, 0.05) is 33.9 Å². The van der Waals surface area contributed by atoms with Gasteiger partial charge in [-0.05, 0) is 73.0 Å². The fourth-order valence-corrected chi connectivity index (χ4v) is 6.26. The Balaban J connectivity index is 1.93. The van der Waals surface area contributed by atoms with Crippen molar-refractivity contribution in [3.05, 3.63) is 51.4 Å². The van der Waals surface area contributed by atoms with Crippen molar-refractivity contribution >= 4 is 43.5 Å². The zero-order valence-corrected chi connectivity index (χ0v) is 20.4. The van der Waals surface area contributed by atoms with Crippen LogP contribution in [0.2, 0.25) is 0 Å². The summed E-state index contributed by atoms with van der Waals surface area (Å²) in [5.74, 6) is 0.931. The zero-order chi connectivity index (χ0) is 21.5. The molecule has 6 nitrogen and oxygen atoms in total. The van der Waals surface area contributed by atoms with E-state index in [2.05, 4.69) is 39.4 Å². The number of nitrogens with zero attached hydrogens (tertiary/aromatic N) is 3. The van der Waals surface area contributed by atoms with Crippen molar-refractivity contribution in [2.45, 2.75) is 38.1 Å². The number of aromatic nitrogens is 2. The molecule has 1 aliphatic heterocycles. The van der Waals surface area contributed by atoms with E-state index in [1.165, 1.54) is 17.5 Å². The quantitative estimate of drug-likeness (QED) is 0.449. The van der Waals surface area contributed by atoms with E-state index in [-0.39, 0.29) is 4.90 Å². The minimum atomic E-state index is -3.82. The van der Waals surface area contributed by atoms with Crippen LogP contribution in [0.25, 0.3) is 10.9 Å². The highest BCUT2D eigenvalue weighted by Gasteiger charge is 2.28. The molecule has 0 amide bonds. The summed E-state index contributed by atoms with van der Waals surface area (Å²) in [5, 5.41) is 0.846. The Morgan fingerprint density at radius 3 is 2.67 bits per heavy atom. The molecule has 1 atom stereocenters. The van der Waals surface area contributed by atoms with Crippen LogP contribution in [0.4, 0.5) is 0 Å². The fraction of sp³-hybridized carbons (Fsp3) is 0.409. The molecule has 30 heavy (non-hydrogen) atoms. The van der Waals surface area contributed by atoms with Gasteiger partial charge in [0.15, 0.2) is 0 Å². The number of rotatable bonds is 5. The topological polar surface area (TPSA) is 64.4 Å². The molecule has 0 bridgehead atoms. The second-order valence-electron chi connectivity index (χ2n) is 8.08. The van der Waals surface area contributed by atoms with E-state index < -0.39 is 10.0 Å². The number of methoxy groups -OCH3 is 1. The summed E-state index contributed by atoms with van der Waals surface area (Å²) in [6.07, 6.45) is 4.07. The van der Waals surface area contributed by atoms with Crippen LogP contribution in [0.3, 0.4) is 0 Å². The Bertz CT molecular complexity index is 1170. The zero-order valence-electron chi connectivity index (χ0n) is 17.4. The van der Waals surface area contributed by atoms with Gasteiger partial charge in [-0.15, -0.1) is 0 Å². The lowest BCUT2D eigenvalue weighted by atomic mass is 10.0. The average Bonchev–Trinajstić information content (AvgIpc) is 3.09. The minimum absolute atomic E-state index is 0.264. The second kappa shape index (κ2) is 8.47. The molecule has 8 heteroatoms. The molecule has 0 unspecified atom stereocenters. The van der Waals surface area contributed by atoms with Crippen LogP contribution < -0.4 is 4.74 Å². The normalized spacial score (nSPS) is 18.1. The monoisotopic (exact) mass is 539 g/mol. The van der Waals surface area contributed by atoms with Crippen LogP contribution in [0, 0.1) is 16.4 Å². The van der Waals surface area contributed by atoms with Crippen molar-refractivity contribution in [2.24, 2.45) is 5.92 Å². The van der Waals surface area contributed by atoms with E-state index in [1.54, 1.807) is 18.3 Å². The molecule has 2 aromatic heterocycles. The molecule has 1 aliphatic rings. The maximum atomic E-state index is 13.8. The molecule has 0 saturated carbocycles. The van der Waals surface area contributed by atoms with E-state index in [0.717, 1.165) is 39.7 Å². The van der Waals surface area contributed by atoms with E-state index in [0.29, 0.717) is 23.9 Å². The number of hydrogen-bond donors (Lipinski definition) is 0. The summed E-state index contributed by atoms with van der Waals surface area (Å²) < 4.78 is 35.4. The smallest absolute Gasteiger partial charge is 0.268 e. The van der Waals surface area contributed by atoms with Crippen LogP contribution >= 0.6 is 22.6 Å². The Morgan fingerprint density at radius 2 is 2.00 bits per heavy atom. The van der Waals surface area contributed by atoms with Gasteiger partial charge < -0.3 is 4.74 Å². The van der Waals surface area contributed by atoms with Crippen LogP contribution in [0.15, 0.2) is 41.4 Å². The second-order valence-corrected chi connectivity index (χ2v) is 11.0. The first-order valence-electron chi connectivity index (χ1n) is 10.1. The largest absolute Gasteiger partial charge is 0.479 e. The Kier molecular flexibility index (Phi) is 6.09. The molecule has 1 saturated heterocycles. The molecule has 1 fully saturated rings. The van der Waals surface area contributed by atoms with Crippen molar-refractivity contribution in [1.82, 2.24) is 13.9 Å². The van der Waals surface area contributed by atoms with E-state index in [1.807, 2.05) is 25.1 Å². The lowest BCUT2D eigenvalue weighted by Crippen LogP contribution is -2.34. The number of ether oxygens (including phenoxy) is 1. The van der Waals surface area contributed by atoms with Crippen molar-refractivity contribution in [2.75, 3.05) is 20.2 Å². The summed E-state index contributed by atoms with van der Waals surface area (Å²) >= 11 is 2.20. The number of aryl methyl sites for hydroxylation is 1. The molecule has 1 aromatic carbocycles. The fourth-order valence-electron chi connectivity index (χ4n) is 4.19. The number of halogens is 1. The van der Waals surface area contributed by atoms with Crippen LogP contribution in [0.1, 0.15) is 31.0 Å². The number of piperidine rings is 1. The minimum Gasteiger partial charge on any atom is -0.479 e. The summed E-state index contributed by atoms with van der Waals surface area (Å²) in [5.41, 5.74) is 2.26. The third-order valence-corrected chi connectivity index (χ3v) is 8.29. The van der Waals surface area contributed by atoms with Crippen LogP contribution in [0.5, 0.6) is 5.88 Å². The molecular weight excluding hydrogens is 513 g/mol. The standard InChI is InChI=1S/C22H26IN3O3S/c1-15-6-8-18(9-7-15)30(27,28)26-17(14-25-10-4-5-16(2)13-25)11-19-20(23)12-24-22(29-3)21(19)26/h6-9,11-12,16H,4-5,10,13-14H2,1-3H3/t16-/m0/s1. The van der Waals surface area contributed by atoms with Gasteiger partial charge in [0.1, 0.15) is 5.52 Å². The molecule has 160 valence electrons. The van der Waals surface area contributed by atoms with Gasteiger partial charge >= 0.3 is 0 Å². The SMILES string of the molecule is COc1ncc(I)c2cc(CN3CCC[C@H](C)C3)n(S(=O)(=O)c3ccc(C)cc3)c12. The summed E-state index contributed by atoms with van der Waals surface area (Å²) in [7, 11) is -2.29. The van der Waals surface area contributed by atoms with Crippen molar-refractivity contribution in [1.29, 1.82) is 0 Å². The average molecular weight is 539 g/mol. The van der Waals surface area contributed by atoms with Gasteiger partial charge in [0.25, 0.3) is 10.0 Å². The lowest BCUT2D eigenvalue weighted by molar-refractivity contribution is 0.174. The Labute approximate surface area is 191 Å². The molecule has 3 heterocycles. The molecule has 0 spiro atoms. The summed E-state index contributed by atoms with van der Waals surface area (Å²) in [6.45, 7) is 6.71. The van der Waals surface area contributed by atoms with E-state index in [9.17, 15) is 8.42 Å². The number of pyridine rings is 1. The van der Waals surface area contributed by atoms with Gasteiger partial charge in [0.2, 0.25) is 5.88 Å². The number of benzene rings is 1. The summed E-state index contributed by atoms with van der Waals surface area (Å²) in [4.78, 5) is 6.96. The maximum Gasteiger partial charge on any atom is 0.268 e. The molecule has 4 rings (SSSR count). The molecular formula is C22H26IN3O3S. The van der Waals surface area contributed by atoms with Crippen LogP contribution in [-0.4, -0.2) is 42.5 Å². The van der Waals surface area contributed by atoms with Gasteiger partial charge in [-0.3, -0.25) is 4.90 Å². The highest BCUT2D eigenvalue weighted by molar-refractivity contribution is 14.1. The van der Waals surface area contributed by atoms with Crippen LogP contribution in [-0.2, 0) is 16.6 Å². The Hall–Kier alpha value is -1.65. The number of fused-ring (bicyclic) bond motifs is 1. The molecule has 0 radical (unpaired) electrons. The van der Waals surface area contributed by atoms with Crippen molar-refractivity contribution in [3.63, 3.8) is 0 Å². The van der Waals surface area contributed by atoms with Gasteiger partial charge in [-0.25, -0.2) is 17.4 Å². The first-order valence-corrected chi connectivity index (χ1v) is 12.6. The number of likely N-dealkylation sites (tertiary alicyclic amines) is 1. The lowest BCUT2D eigenvalue weighted by Gasteiger charge is -2.31. The molecule has 0 aliphatic carbocycles. The van der Waals surface area contributed by atoms with Crippen molar-refractivity contribution < 1.29 is 13.2 Å². The van der Waals surface area contributed by atoms with Gasteiger partial charge in [0.05, 0.1) is 12.0 Å². The summed E-state index contributed by atoms with van der Waals surface area (Å²) in [6, 6.07) is 8.95. The first-order chi connectivity index (χ1) is 14.3. The Morgan fingerprint density at radius 1 is 1.27 bits per heavy atom. The van der Waals surface area contributed by atoms with E-state index in [4.69, 9.17) is 4.74 Å². The third kappa shape index (κ3) is 3.97. The van der Waals surface area contributed by atoms with Crippen molar-refractivity contribution in [3.8, 4) is 5.88 Å². The first kappa shape index (κ1) is 21.6. The maximum absolute atomic E-state index is 13.8. The number of hydrogen-bond acceptors (Lipinski definition) is 5. The third-order valence-electron chi connectivity index (χ3n) is 5.66. The molecule has 0 N–H and O–H groups in total. The van der Waals surface area contributed by atoms with E-state index >= 15 is 0 Å². The predicted molar refractivity (Wildman–Crippen MR) is 126 cm³/mol. The van der Waals surface area contributed by atoms with Gasteiger partial charge in [-0.1, -0.05) is 24.6 Å². The van der Waals surface area contributed by atoms with Gasteiger partial charge in [-0.2, -0.15) is 0 Å². The highest BCUT2D eigenvalue weighted by atomic mass is 127. The molecule has 3 aromatic rings. The highest BCUT2D eigenvalue weighted by Crippen LogP contribution is 2.34.